The minimum Gasteiger partial charge on any atom is -0.108 e. The van der Waals surface area contributed by atoms with Crippen molar-refractivity contribution >= 4 is 19.9 Å². The lowest BCUT2D eigenvalue weighted by molar-refractivity contribution is 0.891. The van der Waals surface area contributed by atoms with Crippen molar-refractivity contribution < 1.29 is 0 Å². The second-order valence-electron chi connectivity index (χ2n) is 4.34. The molecule has 0 spiro atoms. The number of rotatable bonds is 5. The molecule has 0 heterocycles. The van der Waals surface area contributed by atoms with Crippen molar-refractivity contribution in [3.63, 3.8) is 0 Å². The van der Waals surface area contributed by atoms with Crippen LogP contribution in [-0.2, 0) is 0 Å². The predicted molar refractivity (Wildman–Crippen MR) is 82.6 cm³/mol. The molecular formula is C16H19ClS. The largest absolute Gasteiger partial charge is 0.108 e. The van der Waals surface area contributed by atoms with Gasteiger partial charge in [-0.3, -0.25) is 0 Å². The van der Waals surface area contributed by atoms with Crippen molar-refractivity contribution in [3.8, 4) is 0 Å². The number of hydrogen-bond acceptors (Lipinski definition) is 0. The molecule has 0 aliphatic heterocycles. The first-order chi connectivity index (χ1) is 8.77. The van der Waals surface area contributed by atoms with Crippen LogP contribution in [0, 0.1) is 0 Å². The van der Waals surface area contributed by atoms with Gasteiger partial charge in [0.1, 0.15) is 0 Å². The summed E-state index contributed by atoms with van der Waals surface area (Å²) in [5, 5.41) is 0. The van der Waals surface area contributed by atoms with Gasteiger partial charge in [0.2, 0.25) is 0 Å². The fourth-order valence-electron chi connectivity index (χ4n) is 1.99. The molecule has 2 aromatic carbocycles. The second-order valence-corrected chi connectivity index (χ2v) is 8.58. The number of halogens is 1. The second kappa shape index (κ2) is 6.31. The van der Waals surface area contributed by atoms with E-state index in [9.17, 15) is 0 Å². The Morgan fingerprint density at radius 1 is 0.833 bits per heavy atom. The lowest BCUT2D eigenvalue weighted by Gasteiger charge is -2.33. The molecule has 0 atom stereocenters. The molecule has 0 saturated carbocycles. The van der Waals surface area contributed by atoms with Gasteiger partial charge in [-0.05, 0) is 36.4 Å². The van der Waals surface area contributed by atoms with Crippen molar-refractivity contribution in [2.24, 2.45) is 0 Å². The van der Waals surface area contributed by atoms with E-state index in [4.69, 9.17) is 10.7 Å². The average molecular weight is 279 g/mol. The molecule has 0 radical (unpaired) electrons. The van der Waals surface area contributed by atoms with Gasteiger partial charge >= 0.3 is 0 Å². The summed E-state index contributed by atoms with van der Waals surface area (Å²) in [5.41, 5.74) is 0. The van der Waals surface area contributed by atoms with Crippen LogP contribution in [0.15, 0.2) is 70.5 Å². The van der Waals surface area contributed by atoms with Crippen LogP contribution in [0.1, 0.15) is 19.8 Å². The van der Waals surface area contributed by atoms with E-state index >= 15 is 0 Å². The molecule has 2 rings (SSSR count). The van der Waals surface area contributed by atoms with Crippen LogP contribution in [0.3, 0.4) is 0 Å². The molecule has 2 aromatic rings. The van der Waals surface area contributed by atoms with Crippen molar-refractivity contribution in [1.82, 2.24) is 0 Å². The lowest BCUT2D eigenvalue weighted by atomic mass is 10.4. The standard InChI is InChI=1S/C16H19ClS/c1-2-3-14-18(17,15-10-6-4-7-11-15)16-12-8-5-9-13-16/h4-13H,2-3,14H2,1H3. The van der Waals surface area contributed by atoms with Crippen LogP contribution in [0.2, 0.25) is 0 Å². The Bertz CT molecular complexity index is 427. The fraction of sp³-hybridized carbons (Fsp3) is 0.250. The van der Waals surface area contributed by atoms with Crippen LogP contribution in [-0.4, -0.2) is 5.75 Å². The zero-order valence-corrected chi connectivity index (χ0v) is 12.3. The number of hydrogen-bond donors (Lipinski definition) is 0. The highest BCUT2D eigenvalue weighted by Crippen LogP contribution is 2.66. The first-order valence-corrected chi connectivity index (χ1v) is 9.01. The third-order valence-electron chi connectivity index (χ3n) is 3.01. The maximum Gasteiger partial charge on any atom is 0.00728 e. The molecule has 0 amide bonds. The van der Waals surface area contributed by atoms with E-state index in [-0.39, 0.29) is 0 Å². The third-order valence-corrected chi connectivity index (χ3v) is 7.43. The van der Waals surface area contributed by atoms with Gasteiger partial charge in [-0.1, -0.05) is 60.4 Å². The van der Waals surface area contributed by atoms with Crippen LogP contribution < -0.4 is 0 Å². The molecule has 0 bridgehead atoms. The van der Waals surface area contributed by atoms with E-state index in [0.29, 0.717) is 0 Å². The zero-order valence-electron chi connectivity index (χ0n) is 10.7. The zero-order chi connectivity index (χ0) is 12.8. The average Bonchev–Trinajstić information content (AvgIpc) is 2.46. The van der Waals surface area contributed by atoms with E-state index in [1.165, 1.54) is 22.6 Å². The third kappa shape index (κ3) is 2.90. The van der Waals surface area contributed by atoms with Crippen LogP contribution in [0.25, 0.3) is 0 Å². The maximum atomic E-state index is 7.05. The smallest absolute Gasteiger partial charge is 0.00728 e. The molecule has 0 fully saturated rings. The van der Waals surface area contributed by atoms with Gasteiger partial charge in [0, 0.05) is 9.79 Å². The fourth-order valence-corrected chi connectivity index (χ4v) is 5.54. The quantitative estimate of drug-likeness (QED) is 0.642. The predicted octanol–water partition coefficient (Wildman–Crippen LogP) is 5.86. The van der Waals surface area contributed by atoms with Crippen molar-refractivity contribution in [3.05, 3.63) is 60.7 Å². The molecule has 18 heavy (non-hydrogen) atoms. The normalized spacial score (nSPS) is 12.3. The van der Waals surface area contributed by atoms with E-state index in [1.54, 1.807) is 0 Å². The molecule has 0 nitrogen and oxygen atoms in total. The summed E-state index contributed by atoms with van der Waals surface area (Å²) < 4.78 is 0. The molecule has 0 unspecified atom stereocenters. The van der Waals surface area contributed by atoms with Gasteiger partial charge in [0.25, 0.3) is 0 Å². The first-order valence-electron chi connectivity index (χ1n) is 6.38. The topological polar surface area (TPSA) is 0 Å². The van der Waals surface area contributed by atoms with Gasteiger partial charge in [-0.2, -0.15) is 0 Å². The highest BCUT2D eigenvalue weighted by molar-refractivity contribution is 8.51. The van der Waals surface area contributed by atoms with E-state index < -0.39 is 9.24 Å². The Kier molecular flexibility index (Phi) is 4.73. The lowest BCUT2D eigenvalue weighted by Crippen LogP contribution is -2.00. The molecular weight excluding hydrogens is 260 g/mol. The number of unbranched alkanes of at least 4 members (excludes halogenated alkanes) is 1. The number of benzene rings is 2. The molecule has 0 aliphatic rings. The van der Waals surface area contributed by atoms with Crippen LogP contribution in [0.4, 0.5) is 0 Å². The molecule has 96 valence electrons. The van der Waals surface area contributed by atoms with E-state index in [2.05, 4.69) is 55.5 Å². The Hall–Kier alpha value is -0.920. The Morgan fingerprint density at radius 2 is 1.28 bits per heavy atom. The summed E-state index contributed by atoms with van der Waals surface area (Å²) in [5.74, 6) is 1.05. The molecule has 0 N–H and O–H groups in total. The Morgan fingerprint density at radius 3 is 1.67 bits per heavy atom. The minimum atomic E-state index is -1.39. The summed E-state index contributed by atoms with van der Waals surface area (Å²) in [6.45, 7) is 2.22. The molecule has 0 aromatic heterocycles. The molecule has 0 saturated heterocycles. The Labute approximate surface area is 116 Å². The summed E-state index contributed by atoms with van der Waals surface area (Å²) in [4.78, 5) is 2.54. The molecule has 0 aliphatic carbocycles. The highest BCUT2D eigenvalue weighted by Gasteiger charge is 2.25. The van der Waals surface area contributed by atoms with E-state index in [0.717, 1.165) is 5.75 Å². The van der Waals surface area contributed by atoms with Gasteiger partial charge in [0.05, 0.1) is 0 Å². The highest BCUT2D eigenvalue weighted by atomic mass is 35.7. The van der Waals surface area contributed by atoms with E-state index in [1.807, 2.05) is 12.1 Å². The summed E-state index contributed by atoms with van der Waals surface area (Å²) in [6.07, 6.45) is 2.35. The van der Waals surface area contributed by atoms with Crippen LogP contribution >= 0.6 is 19.9 Å². The maximum absolute atomic E-state index is 7.05. The summed E-state index contributed by atoms with van der Waals surface area (Å²) in [6, 6.07) is 21.0. The van der Waals surface area contributed by atoms with Crippen molar-refractivity contribution in [2.75, 3.05) is 5.75 Å². The van der Waals surface area contributed by atoms with Gasteiger partial charge in [-0.15, -0.1) is 9.24 Å². The van der Waals surface area contributed by atoms with Crippen molar-refractivity contribution in [1.29, 1.82) is 0 Å². The van der Waals surface area contributed by atoms with Gasteiger partial charge in [0.15, 0.2) is 0 Å². The van der Waals surface area contributed by atoms with Gasteiger partial charge in [-0.25, -0.2) is 0 Å². The van der Waals surface area contributed by atoms with Crippen molar-refractivity contribution in [2.45, 2.75) is 29.6 Å². The van der Waals surface area contributed by atoms with Crippen LogP contribution in [0.5, 0.6) is 0 Å². The van der Waals surface area contributed by atoms with Gasteiger partial charge < -0.3 is 0 Å². The molecule has 2 heteroatoms. The minimum absolute atomic E-state index is 1.05. The Balaban J connectivity index is 2.41. The summed E-state index contributed by atoms with van der Waals surface area (Å²) >= 11 is 0. The SMILES string of the molecule is CCCCS(Cl)(c1ccccc1)c1ccccc1. The summed E-state index contributed by atoms with van der Waals surface area (Å²) in [7, 11) is 5.67. The monoisotopic (exact) mass is 278 g/mol. The first kappa shape index (κ1) is 13.5.